The van der Waals surface area contributed by atoms with Crippen molar-refractivity contribution in [3.63, 3.8) is 0 Å². The second kappa shape index (κ2) is 10.3. The molecule has 0 aliphatic rings. The third kappa shape index (κ3) is 5.47. The molecule has 1 atom stereocenters. The first kappa shape index (κ1) is 21.2. The van der Waals surface area contributed by atoms with Gasteiger partial charge in [-0.15, -0.1) is 0 Å². The van der Waals surface area contributed by atoms with Crippen molar-refractivity contribution in [1.82, 2.24) is 20.3 Å². The van der Waals surface area contributed by atoms with Crippen LogP contribution in [-0.2, 0) is 11.0 Å². The zero-order chi connectivity index (χ0) is 19.0. The SMILES string of the molecule is CC[Si](CC)(CC)OC(CNCc1cnccn1)c1c(Cl)cncc1Cl. The molecule has 0 amide bonds. The molecule has 0 aromatic carbocycles. The Kier molecular flexibility index (Phi) is 8.44. The molecule has 0 saturated carbocycles. The van der Waals surface area contributed by atoms with Crippen molar-refractivity contribution in [2.75, 3.05) is 6.54 Å². The summed E-state index contributed by atoms with van der Waals surface area (Å²) in [6, 6.07) is 3.17. The van der Waals surface area contributed by atoms with Crippen LogP contribution in [0.3, 0.4) is 0 Å². The molecule has 142 valence electrons. The molecule has 0 aliphatic heterocycles. The minimum Gasteiger partial charge on any atom is -0.409 e. The highest BCUT2D eigenvalue weighted by Crippen LogP contribution is 2.36. The molecule has 0 saturated heterocycles. The zero-order valence-corrected chi connectivity index (χ0v) is 18.0. The summed E-state index contributed by atoms with van der Waals surface area (Å²) >= 11 is 12.8. The number of hydrogen-bond acceptors (Lipinski definition) is 5. The topological polar surface area (TPSA) is 59.9 Å². The van der Waals surface area contributed by atoms with E-state index in [9.17, 15) is 0 Å². The first-order valence-corrected chi connectivity index (χ1v) is 12.3. The lowest BCUT2D eigenvalue weighted by Gasteiger charge is -2.34. The molecule has 0 spiro atoms. The molecule has 5 nitrogen and oxygen atoms in total. The standard InChI is InChI=1S/C18H26Cl2N4OSi/c1-4-26(5-2,6-3)25-17(18-15(19)11-23-12-16(18)20)13-22-10-14-9-21-7-8-24-14/h7-9,11-12,17,22H,4-6,10,13H2,1-3H3. The highest BCUT2D eigenvalue weighted by molar-refractivity contribution is 6.73. The van der Waals surface area contributed by atoms with Crippen LogP contribution >= 0.6 is 23.2 Å². The van der Waals surface area contributed by atoms with E-state index in [2.05, 4.69) is 41.0 Å². The van der Waals surface area contributed by atoms with E-state index in [0.717, 1.165) is 29.4 Å². The van der Waals surface area contributed by atoms with E-state index in [1.807, 2.05) is 0 Å². The van der Waals surface area contributed by atoms with Crippen LogP contribution in [0.2, 0.25) is 28.2 Å². The third-order valence-corrected chi connectivity index (χ3v) is 10.0. The molecular formula is C18H26Cl2N4OSi. The fourth-order valence-electron chi connectivity index (χ4n) is 2.99. The number of pyridine rings is 1. The van der Waals surface area contributed by atoms with E-state index >= 15 is 0 Å². The molecule has 1 N–H and O–H groups in total. The van der Waals surface area contributed by atoms with Gasteiger partial charge in [0.15, 0.2) is 8.32 Å². The predicted octanol–water partition coefficient (Wildman–Crippen LogP) is 5.03. The summed E-state index contributed by atoms with van der Waals surface area (Å²) < 4.78 is 6.72. The molecular weight excluding hydrogens is 387 g/mol. The maximum atomic E-state index is 6.72. The highest BCUT2D eigenvalue weighted by atomic mass is 35.5. The van der Waals surface area contributed by atoms with Crippen LogP contribution in [0, 0.1) is 0 Å². The van der Waals surface area contributed by atoms with Crippen molar-refractivity contribution >= 4 is 31.5 Å². The average Bonchev–Trinajstić information content (AvgIpc) is 2.66. The molecule has 2 aromatic rings. The van der Waals surface area contributed by atoms with E-state index in [1.165, 1.54) is 0 Å². The second-order valence-corrected chi connectivity index (χ2v) is 11.7. The van der Waals surface area contributed by atoms with Crippen LogP contribution < -0.4 is 5.32 Å². The van der Waals surface area contributed by atoms with Crippen molar-refractivity contribution < 1.29 is 4.43 Å². The molecule has 2 aromatic heterocycles. The number of nitrogens with zero attached hydrogens (tertiary/aromatic N) is 3. The van der Waals surface area contributed by atoms with Gasteiger partial charge in [-0.3, -0.25) is 15.0 Å². The molecule has 2 heterocycles. The lowest BCUT2D eigenvalue weighted by Crippen LogP contribution is -2.40. The normalized spacial score (nSPS) is 13.0. The summed E-state index contributed by atoms with van der Waals surface area (Å²) in [5.74, 6) is 0. The van der Waals surface area contributed by atoms with Gasteiger partial charge in [-0.05, 0) is 18.1 Å². The number of rotatable bonds is 10. The fraction of sp³-hybridized carbons (Fsp3) is 0.500. The molecule has 0 bridgehead atoms. The van der Waals surface area contributed by atoms with E-state index in [0.29, 0.717) is 23.1 Å². The number of aromatic nitrogens is 3. The summed E-state index contributed by atoms with van der Waals surface area (Å²) in [4.78, 5) is 12.4. The fourth-order valence-corrected chi connectivity index (χ4v) is 6.40. The molecule has 2 rings (SSSR count). The Labute approximate surface area is 166 Å². The monoisotopic (exact) mass is 412 g/mol. The van der Waals surface area contributed by atoms with Crippen LogP contribution in [0.4, 0.5) is 0 Å². The maximum absolute atomic E-state index is 6.72. The summed E-state index contributed by atoms with van der Waals surface area (Å²) in [6.07, 6.45) is 8.11. The highest BCUT2D eigenvalue weighted by Gasteiger charge is 2.34. The van der Waals surface area contributed by atoms with Crippen molar-refractivity contribution in [1.29, 1.82) is 0 Å². The van der Waals surface area contributed by atoms with Crippen molar-refractivity contribution in [2.45, 2.75) is 51.6 Å². The van der Waals surface area contributed by atoms with E-state index in [4.69, 9.17) is 27.6 Å². The van der Waals surface area contributed by atoms with E-state index in [-0.39, 0.29) is 6.10 Å². The Balaban J connectivity index is 2.21. The molecule has 8 heteroatoms. The Morgan fingerprint density at radius 2 is 1.65 bits per heavy atom. The Morgan fingerprint density at radius 3 is 2.19 bits per heavy atom. The number of halogens is 2. The van der Waals surface area contributed by atoms with Gasteiger partial charge in [-0.1, -0.05) is 44.0 Å². The van der Waals surface area contributed by atoms with Gasteiger partial charge in [0.1, 0.15) is 0 Å². The molecule has 26 heavy (non-hydrogen) atoms. The first-order chi connectivity index (χ1) is 12.5. The number of hydrogen-bond donors (Lipinski definition) is 1. The first-order valence-electron chi connectivity index (χ1n) is 8.97. The van der Waals surface area contributed by atoms with Crippen molar-refractivity contribution in [2.24, 2.45) is 0 Å². The molecule has 0 fully saturated rings. The van der Waals surface area contributed by atoms with Gasteiger partial charge in [0.05, 0.1) is 21.8 Å². The van der Waals surface area contributed by atoms with Gasteiger partial charge in [-0.25, -0.2) is 0 Å². The number of nitrogens with one attached hydrogen (secondary N) is 1. The molecule has 1 unspecified atom stereocenters. The van der Waals surface area contributed by atoms with Crippen LogP contribution in [0.25, 0.3) is 0 Å². The predicted molar refractivity (Wildman–Crippen MR) is 109 cm³/mol. The van der Waals surface area contributed by atoms with Gasteiger partial charge in [0.2, 0.25) is 0 Å². The lowest BCUT2D eigenvalue weighted by atomic mass is 10.1. The molecule has 0 aliphatic carbocycles. The van der Waals surface area contributed by atoms with Crippen LogP contribution in [0.1, 0.15) is 38.1 Å². The quantitative estimate of drug-likeness (QED) is 0.554. The van der Waals surface area contributed by atoms with Crippen LogP contribution in [0.15, 0.2) is 31.0 Å². The van der Waals surface area contributed by atoms with Gasteiger partial charge in [0, 0.05) is 49.6 Å². The van der Waals surface area contributed by atoms with Crippen molar-refractivity contribution in [3.05, 3.63) is 52.3 Å². The van der Waals surface area contributed by atoms with E-state index < -0.39 is 8.32 Å². The minimum atomic E-state index is -1.84. The maximum Gasteiger partial charge on any atom is 0.192 e. The van der Waals surface area contributed by atoms with Crippen LogP contribution in [-0.4, -0.2) is 29.8 Å². The van der Waals surface area contributed by atoms with Gasteiger partial charge >= 0.3 is 0 Å². The summed E-state index contributed by atoms with van der Waals surface area (Å²) in [5.41, 5.74) is 1.69. The van der Waals surface area contributed by atoms with Crippen molar-refractivity contribution in [3.8, 4) is 0 Å². The zero-order valence-electron chi connectivity index (χ0n) is 15.5. The van der Waals surface area contributed by atoms with Gasteiger partial charge in [-0.2, -0.15) is 0 Å². The summed E-state index contributed by atoms with van der Waals surface area (Å²) in [7, 11) is -1.84. The van der Waals surface area contributed by atoms with Crippen LogP contribution in [0.5, 0.6) is 0 Å². The second-order valence-electron chi connectivity index (χ2n) is 6.19. The Hall–Kier alpha value is -1.05. The summed E-state index contributed by atoms with van der Waals surface area (Å²) in [5, 5.41) is 4.48. The third-order valence-electron chi connectivity index (χ3n) is 4.79. The Bertz CT molecular complexity index is 658. The van der Waals surface area contributed by atoms with Gasteiger partial charge in [0.25, 0.3) is 0 Å². The lowest BCUT2D eigenvalue weighted by molar-refractivity contribution is 0.185. The average molecular weight is 413 g/mol. The Morgan fingerprint density at radius 1 is 1.00 bits per heavy atom. The molecule has 0 radical (unpaired) electrons. The smallest absolute Gasteiger partial charge is 0.192 e. The summed E-state index contributed by atoms with van der Waals surface area (Å²) in [6.45, 7) is 7.82. The van der Waals surface area contributed by atoms with E-state index in [1.54, 1.807) is 31.0 Å². The minimum absolute atomic E-state index is 0.221. The van der Waals surface area contributed by atoms with Gasteiger partial charge < -0.3 is 9.74 Å². The largest absolute Gasteiger partial charge is 0.409 e.